The molecule has 1 aromatic carbocycles. The summed E-state index contributed by atoms with van der Waals surface area (Å²) in [4.78, 5) is 34.1. The van der Waals surface area contributed by atoms with E-state index >= 15 is 0 Å². The maximum absolute atomic E-state index is 11.8. The van der Waals surface area contributed by atoms with Gasteiger partial charge in [0.25, 0.3) is 0 Å². The lowest BCUT2D eigenvalue weighted by Crippen LogP contribution is -2.50. The molecule has 1 unspecified atom stereocenters. The fraction of sp³-hybridized carbons (Fsp3) is 0.357. The molecule has 0 aliphatic heterocycles. The summed E-state index contributed by atoms with van der Waals surface area (Å²) in [7, 11) is 1.16. The van der Waals surface area contributed by atoms with Crippen molar-refractivity contribution in [2.24, 2.45) is 5.73 Å². The highest BCUT2D eigenvalue weighted by molar-refractivity contribution is 5.89. The van der Waals surface area contributed by atoms with E-state index < -0.39 is 36.4 Å². The first-order valence-corrected chi connectivity index (χ1v) is 6.47. The molecule has 1 rings (SSSR count). The van der Waals surface area contributed by atoms with Gasteiger partial charge in [-0.15, -0.1) is 0 Å². The Balaban J connectivity index is 2.81. The zero-order valence-corrected chi connectivity index (χ0v) is 12.0. The molecular formula is C14H18N2O6. The summed E-state index contributed by atoms with van der Waals surface area (Å²) in [6.07, 6.45) is -0.568. The second kappa shape index (κ2) is 7.99. The number of benzene rings is 1. The Hall–Kier alpha value is -2.61. The van der Waals surface area contributed by atoms with Gasteiger partial charge in [0, 0.05) is 6.42 Å². The topological polar surface area (TPSA) is 139 Å². The molecule has 1 amide bonds. The molecule has 0 aliphatic rings. The molecule has 0 aliphatic carbocycles. The summed E-state index contributed by atoms with van der Waals surface area (Å²) in [6, 6.07) is 3.96. The molecule has 0 saturated carbocycles. The Morgan fingerprint density at radius 2 is 1.95 bits per heavy atom. The van der Waals surface area contributed by atoms with Crippen molar-refractivity contribution in [3.05, 3.63) is 29.8 Å². The first-order chi connectivity index (χ1) is 10.3. The Morgan fingerprint density at radius 3 is 2.50 bits per heavy atom. The van der Waals surface area contributed by atoms with Crippen molar-refractivity contribution >= 4 is 17.8 Å². The second-order valence-corrected chi connectivity index (χ2v) is 4.62. The van der Waals surface area contributed by atoms with Gasteiger partial charge in [-0.05, 0) is 11.6 Å². The number of para-hydroxylation sites is 1. The second-order valence-electron chi connectivity index (χ2n) is 4.62. The van der Waals surface area contributed by atoms with E-state index in [9.17, 15) is 19.5 Å². The number of methoxy groups -OCH3 is 1. The Bertz CT molecular complexity index is 560. The molecule has 120 valence electrons. The molecule has 22 heavy (non-hydrogen) atoms. The summed E-state index contributed by atoms with van der Waals surface area (Å²) in [5.41, 5.74) is 5.87. The van der Waals surface area contributed by atoms with Gasteiger partial charge in [0.2, 0.25) is 5.91 Å². The van der Waals surface area contributed by atoms with E-state index in [1.54, 1.807) is 18.2 Å². The van der Waals surface area contributed by atoms with Gasteiger partial charge in [-0.25, -0.2) is 4.79 Å². The zero-order valence-electron chi connectivity index (χ0n) is 12.0. The summed E-state index contributed by atoms with van der Waals surface area (Å²) in [5, 5.41) is 20.7. The van der Waals surface area contributed by atoms with Crippen LogP contribution in [0.3, 0.4) is 0 Å². The maximum Gasteiger partial charge on any atom is 0.328 e. The van der Waals surface area contributed by atoms with Crippen LogP contribution in [-0.4, -0.2) is 47.3 Å². The molecule has 1 aromatic rings. The van der Waals surface area contributed by atoms with Crippen LogP contribution in [0.2, 0.25) is 0 Å². The number of phenolic OH excluding ortho intramolecular Hbond substituents is 1. The number of aliphatic carboxylic acids is 1. The highest BCUT2D eigenvalue weighted by atomic mass is 16.5. The van der Waals surface area contributed by atoms with Gasteiger partial charge >= 0.3 is 11.9 Å². The normalized spacial score (nSPS) is 13.0. The minimum Gasteiger partial charge on any atom is -0.508 e. The zero-order chi connectivity index (χ0) is 16.7. The lowest BCUT2D eigenvalue weighted by Gasteiger charge is -2.19. The van der Waals surface area contributed by atoms with Crippen molar-refractivity contribution in [1.29, 1.82) is 0 Å². The van der Waals surface area contributed by atoms with E-state index in [4.69, 9.17) is 10.8 Å². The summed E-state index contributed by atoms with van der Waals surface area (Å²) < 4.78 is 4.59. The third-order valence-corrected chi connectivity index (χ3v) is 2.95. The molecule has 5 N–H and O–H groups in total. The van der Waals surface area contributed by atoms with Crippen molar-refractivity contribution < 1.29 is 29.3 Å². The van der Waals surface area contributed by atoms with Crippen LogP contribution in [0.15, 0.2) is 24.3 Å². The summed E-state index contributed by atoms with van der Waals surface area (Å²) in [6.45, 7) is 0. The number of nitrogens with two attached hydrogens (primary N) is 1. The number of nitrogens with one attached hydrogen (secondary N) is 1. The largest absolute Gasteiger partial charge is 0.508 e. The fourth-order valence-electron chi connectivity index (χ4n) is 1.80. The number of amides is 1. The standard InChI is InChI=1S/C14H18N2O6/c1-22-14(21)10(6-8-4-2-3-5-11(8)17)16-13(20)9(15)7-12(18)19/h2-5,9-10,17H,6-7,15H2,1H3,(H,16,20)(H,18,19)/t9-,10?/m0/s1. The minimum absolute atomic E-state index is 0.00905. The van der Waals surface area contributed by atoms with Crippen molar-refractivity contribution in [1.82, 2.24) is 5.32 Å². The quantitative estimate of drug-likeness (QED) is 0.493. The molecule has 0 saturated heterocycles. The van der Waals surface area contributed by atoms with Gasteiger partial charge in [-0.2, -0.15) is 0 Å². The lowest BCUT2D eigenvalue weighted by atomic mass is 10.0. The molecule has 0 aromatic heterocycles. The number of ether oxygens (including phenoxy) is 1. The van der Waals surface area contributed by atoms with Gasteiger partial charge in [-0.1, -0.05) is 18.2 Å². The van der Waals surface area contributed by atoms with E-state index in [0.717, 1.165) is 7.11 Å². The van der Waals surface area contributed by atoms with Crippen molar-refractivity contribution in [3.63, 3.8) is 0 Å². The molecule has 8 heteroatoms. The van der Waals surface area contributed by atoms with Crippen molar-refractivity contribution in [3.8, 4) is 5.75 Å². The smallest absolute Gasteiger partial charge is 0.328 e. The summed E-state index contributed by atoms with van der Waals surface area (Å²) >= 11 is 0. The SMILES string of the molecule is COC(=O)C(Cc1ccccc1O)NC(=O)[C@@H](N)CC(=O)O. The van der Waals surface area contributed by atoms with E-state index in [1.165, 1.54) is 6.07 Å². The number of aromatic hydroxyl groups is 1. The number of carboxylic acids is 1. The van der Waals surface area contributed by atoms with E-state index in [0.29, 0.717) is 5.56 Å². The molecule has 0 fully saturated rings. The van der Waals surface area contributed by atoms with Crippen LogP contribution in [0.1, 0.15) is 12.0 Å². The van der Waals surface area contributed by atoms with E-state index in [-0.39, 0.29) is 12.2 Å². The molecule has 0 radical (unpaired) electrons. The first-order valence-electron chi connectivity index (χ1n) is 6.47. The average Bonchev–Trinajstić information content (AvgIpc) is 2.47. The van der Waals surface area contributed by atoms with Gasteiger partial charge in [0.05, 0.1) is 19.6 Å². The van der Waals surface area contributed by atoms with E-state index in [2.05, 4.69) is 10.1 Å². The molecule has 0 spiro atoms. The van der Waals surface area contributed by atoms with E-state index in [1.807, 2.05) is 0 Å². The summed E-state index contributed by atoms with van der Waals surface area (Å²) in [5.74, 6) is -2.76. The molecule has 0 heterocycles. The number of carbonyl (C=O) groups is 3. The number of hydrogen-bond acceptors (Lipinski definition) is 6. The third kappa shape index (κ3) is 5.06. The lowest BCUT2D eigenvalue weighted by molar-refractivity contribution is -0.145. The van der Waals surface area contributed by atoms with Gasteiger partial charge < -0.3 is 26.0 Å². The van der Waals surface area contributed by atoms with Crippen LogP contribution in [0.25, 0.3) is 0 Å². The van der Waals surface area contributed by atoms with Crippen LogP contribution in [0.5, 0.6) is 5.75 Å². The predicted octanol–water partition coefficient (Wildman–Crippen LogP) is -0.605. The monoisotopic (exact) mass is 310 g/mol. The highest BCUT2D eigenvalue weighted by Crippen LogP contribution is 2.17. The Labute approximate surface area is 126 Å². The Morgan fingerprint density at radius 1 is 1.32 bits per heavy atom. The average molecular weight is 310 g/mol. The number of carboxylic acid groups (broad SMARTS) is 1. The number of esters is 1. The number of rotatable bonds is 7. The van der Waals surface area contributed by atoms with Crippen LogP contribution >= 0.6 is 0 Å². The molecular weight excluding hydrogens is 292 g/mol. The van der Waals surface area contributed by atoms with Gasteiger partial charge in [0.15, 0.2) is 0 Å². The predicted molar refractivity (Wildman–Crippen MR) is 76.0 cm³/mol. The van der Waals surface area contributed by atoms with Gasteiger partial charge in [-0.3, -0.25) is 9.59 Å². The minimum atomic E-state index is -1.28. The number of hydrogen-bond donors (Lipinski definition) is 4. The maximum atomic E-state index is 11.8. The fourth-order valence-corrected chi connectivity index (χ4v) is 1.80. The first kappa shape index (κ1) is 17.4. The van der Waals surface area contributed by atoms with Crippen molar-refractivity contribution in [2.45, 2.75) is 24.9 Å². The molecule has 8 nitrogen and oxygen atoms in total. The highest BCUT2D eigenvalue weighted by Gasteiger charge is 2.26. The van der Waals surface area contributed by atoms with Crippen LogP contribution in [-0.2, 0) is 25.5 Å². The Kier molecular flexibility index (Phi) is 6.33. The number of carbonyl (C=O) groups excluding carboxylic acids is 2. The third-order valence-electron chi connectivity index (χ3n) is 2.95. The molecule has 0 bridgehead atoms. The van der Waals surface area contributed by atoms with Crippen LogP contribution in [0.4, 0.5) is 0 Å². The van der Waals surface area contributed by atoms with Crippen LogP contribution < -0.4 is 11.1 Å². The van der Waals surface area contributed by atoms with Gasteiger partial charge in [0.1, 0.15) is 11.8 Å². The number of phenols is 1. The molecule has 2 atom stereocenters. The van der Waals surface area contributed by atoms with Crippen molar-refractivity contribution in [2.75, 3.05) is 7.11 Å². The van der Waals surface area contributed by atoms with Crippen LogP contribution in [0, 0.1) is 0 Å².